The fourth-order valence-electron chi connectivity index (χ4n) is 5.47. The van der Waals surface area contributed by atoms with E-state index in [1.165, 1.54) is 38.5 Å². The van der Waals surface area contributed by atoms with Crippen LogP contribution in [0.25, 0.3) is 0 Å². The average molecular weight is 299 g/mol. The van der Waals surface area contributed by atoms with Crippen molar-refractivity contribution in [1.82, 2.24) is 15.6 Å². The Hall–Kier alpha value is -1.58. The molecule has 0 radical (unpaired) electrons. The van der Waals surface area contributed by atoms with Crippen LogP contribution in [0.15, 0.2) is 24.5 Å². The minimum atomic E-state index is -0.00809. The third kappa shape index (κ3) is 2.59. The molecule has 0 spiro atoms. The van der Waals surface area contributed by atoms with Crippen LogP contribution in [-0.2, 0) is 0 Å². The monoisotopic (exact) mass is 299 g/mol. The molecule has 1 aromatic heterocycles. The van der Waals surface area contributed by atoms with Crippen molar-refractivity contribution in [3.63, 3.8) is 0 Å². The first-order chi connectivity index (χ1) is 10.6. The van der Waals surface area contributed by atoms with Gasteiger partial charge in [-0.15, -0.1) is 0 Å². The van der Waals surface area contributed by atoms with Gasteiger partial charge in [0, 0.05) is 17.9 Å². The lowest BCUT2D eigenvalue weighted by molar-refractivity contribution is -0.0136. The van der Waals surface area contributed by atoms with Crippen LogP contribution >= 0.6 is 0 Å². The first-order valence-corrected chi connectivity index (χ1v) is 8.60. The van der Waals surface area contributed by atoms with Crippen LogP contribution in [0.2, 0.25) is 0 Å². The second-order valence-corrected chi connectivity index (χ2v) is 7.80. The Balaban J connectivity index is 1.40. The fourth-order valence-corrected chi connectivity index (χ4v) is 5.47. The molecule has 0 aliphatic heterocycles. The van der Waals surface area contributed by atoms with Crippen LogP contribution < -0.4 is 10.6 Å². The van der Waals surface area contributed by atoms with E-state index < -0.39 is 0 Å². The summed E-state index contributed by atoms with van der Waals surface area (Å²) in [5.74, 6) is 2.55. The third-order valence-corrected chi connectivity index (χ3v) is 5.97. The van der Waals surface area contributed by atoms with Crippen LogP contribution in [-0.4, -0.2) is 16.6 Å². The zero-order chi connectivity index (χ0) is 15.2. The van der Waals surface area contributed by atoms with Crippen molar-refractivity contribution in [2.45, 2.75) is 57.0 Å². The first kappa shape index (κ1) is 14.0. The molecule has 0 saturated heterocycles. The molecule has 1 atom stereocenters. The van der Waals surface area contributed by atoms with E-state index in [2.05, 4.69) is 15.6 Å². The summed E-state index contributed by atoms with van der Waals surface area (Å²) < 4.78 is 0. The van der Waals surface area contributed by atoms with Gasteiger partial charge in [0.2, 0.25) is 0 Å². The van der Waals surface area contributed by atoms with Gasteiger partial charge in [0.05, 0.1) is 6.04 Å². The summed E-state index contributed by atoms with van der Waals surface area (Å²) in [5, 5.41) is 6.45. The number of hydrogen-bond donors (Lipinski definition) is 2. The van der Waals surface area contributed by atoms with E-state index in [0.717, 1.165) is 23.3 Å². The normalized spacial score (nSPS) is 36.9. The lowest BCUT2D eigenvalue weighted by atomic mass is 9.53. The van der Waals surface area contributed by atoms with E-state index in [4.69, 9.17) is 0 Å². The lowest BCUT2D eigenvalue weighted by Crippen LogP contribution is -2.61. The minimum Gasteiger partial charge on any atom is -0.333 e. The molecule has 118 valence electrons. The Morgan fingerprint density at radius 1 is 1.14 bits per heavy atom. The van der Waals surface area contributed by atoms with Gasteiger partial charge in [0.25, 0.3) is 0 Å². The summed E-state index contributed by atoms with van der Waals surface area (Å²) in [6.45, 7) is 2.02. The summed E-state index contributed by atoms with van der Waals surface area (Å²) in [6.07, 6.45) is 11.3. The van der Waals surface area contributed by atoms with Crippen LogP contribution in [0.1, 0.15) is 57.1 Å². The largest absolute Gasteiger partial charge is 0.333 e. The minimum absolute atomic E-state index is 0.00809. The number of nitrogens with one attached hydrogen (secondary N) is 2. The van der Waals surface area contributed by atoms with E-state index in [1.54, 1.807) is 12.4 Å². The van der Waals surface area contributed by atoms with Crippen LogP contribution in [0.5, 0.6) is 0 Å². The third-order valence-electron chi connectivity index (χ3n) is 5.97. The SMILES string of the molecule is CC(NC(=O)NC12CC3CC(CC(C3)C1)C2)c1ccncc1. The Labute approximate surface area is 132 Å². The number of rotatable bonds is 3. The van der Waals surface area contributed by atoms with Crippen LogP contribution in [0.3, 0.4) is 0 Å². The van der Waals surface area contributed by atoms with E-state index in [9.17, 15) is 4.79 Å². The molecule has 4 nitrogen and oxygen atoms in total. The summed E-state index contributed by atoms with van der Waals surface area (Å²) in [4.78, 5) is 16.5. The molecular weight excluding hydrogens is 274 g/mol. The van der Waals surface area contributed by atoms with Crippen molar-refractivity contribution in [3.05, 3.63) is 30.1 Å². The highest BCUT2D eigenvalue weighted by Crippen LogP contribution is 2.55. The number of hydrogen-bond acceptors (Lipinski definition) is 2. The molecule has 4 bridgehead atoms. The number of amides is 2. The average Bonchev–Trinajstić information content (AvgIpc) is 2.45. The van der Waals surface area contributed by atoms with E-state index in [-0.39, 0.29) is 17.6 Å². The second kappa shape index (κ2) is 5.25. The maximum atomic E-state index is 12.5. The van der Waals surface area contributed by atoms with Crippen LogP contribution in [0.4, 0.5) is 4.79 Å². The van der Waals surface area contributed by atoms with Crippen molar-refractivity contribution < 1.29 is 4.79 Å². The molecule has 4 aliphatic carbocycles. The van der Waals surface area contributed by atoms with Crippen molar-refractivity contribution in [2.75, 3.05) is 0 Å². The Morgan fingerprint density at radius 2 is 1.68 bits per heavy atom. The summed E-state index contributed by atoms with van der Waals surface area (Å²) in [6, 6.07) is 3.91. The number of nitrogens with zero attached hydrogens (tertiary/aromatic N) is 1. The van der Waals surface area contributed by atoms with Crippen molar-refractivity contribution in [2.24, 2.45) is 17.8 Å². The molecule has 4 heteroatoms. The molecule has 2 N–H and O–H groups in total. The van der Waals surface area contributed by atoms with Gasteiger partial charge in [0.1, 0.15) is 0 Å². The zero-order valence-corrected chi connectivity index (χ0v) is 13.2. The predicted octanol–water partition coefficient (Wildman–Crippen LogP) is 3.41. The van der Waals surface area contributed by atoms with Gasteiger partial charge in [-0.3, -0.25) is 4.98 Å². The lowest BCUT2D eigenvalue weighted by Gasteiger charge is -2.56. The van der Waals surface area contributed by atoms with Gasteiger partial charge in [-0.05, 0) is 80.9 Å². The first-order valence-electron chi connectivity index (χ1n) is 8.60. The van der Waals surface area contributed by atoms with Gasteiger partial charge in [-0.2, -0.15) is 0 Å². The smallest absolute Gasteiger partial charge is 0.315 e. The maximum absolute atomic E-state index is 12.5. The Kier molecular flexibility index (Phi) is 3.35. The highest BCUT2D eigenvalue weighted by atomic mass is 16.2. The molecule has 2 amide bonds. The number of carbonyl (C=O) groups excluding carboxylic acids is 1. The van der Waals surface area contributed by atoms with Gasteiger partial charge in [-0.1, -0.05) is 0 Å². The summed E-state index contributed by atoms with van der Waals surface area (Å²) in [5.41, 5.74) is 1.17. The molecule has 4 saturated carbocycles. The number of aromatic nitrogens is 1. The van der Waals surface area contributed by atoms with Crippen molar-refractivity contribution in [3.8, 4) is 0 Å². The van der Waals surface area contributed by atoms with Gasteiger partial charge >= 0.3 is 6.03 Å². The topological polar surface area (TPSA) is 54.0 Å². The molecule has 4 aliphatic rings. The second-order valence-electron chi connectivity index (χ2n) is 7.80. The molecule has 5 rings (SSSR count). The molecular formula is C18H25N3O. The number of carbonyl (C=O) groups is 1. The van der Waals surface area contributed by atoms with Crippen LogP contribution in [0, 0.1) is 17.8 Å². The summed E-state index contributed by atoms with van der Waals surface area (Å²) in [7, 11) is 0. The quantitative estimate of drug-likeness (QED) is 0.898. The molecule has 1 aromatic rings. The van der Waals surface area contributed by atoms with Gasteiger partial charge < -0.3 is 10.6 Å². The van der Waals surface area contributed by atoms with Gasteiger partial charge in [0.15, 0.2) is 0 Å². The molecule has 1 unspecified atom stereocenters. The maximum Gasteiger partial charge on any atom is 0.315 e. The Bertz CT molecular complexity index is 521. The van der Waals surface area contributed by atoms with Gasteiger partial charge in [-0.25, -0.2) is 4.79 Å². The highest BCUT2D eigenvalue weighted by Gasteiger charge is 2.51. The van der Waals surface area contributed by atoms with E-state index >= 15 is 0 Å². The van der Waals surface area contributed by atoms with Crippen molar-refractivity contribution in [1.29, 1.82) is 0 Å². The molecule has 4 fully saturated rings. The molecule has 1 heterocycles. The molecule has 0 aromatic carbocycles. The highest BCUT2D eigenvalue weighted by molar-refractivity contribution is 5.75. The fraction of sp³-hybridized carbons (Fsp3) is 0.667. The van der Waals surface area contributed by atoms with Crippen molar-refractivity contribution >= 4 is 6.03 Å². The number of pyridine rings is 1. The predicted molar refractivity (Wildman–Crippen MR) is 85.2 cm³/mol. The summed E-state index contributed by atoms with van der Waals surface area (Å²) >= 11 is 0. The zero-order valence-electron chi connectivity index (χ0n) is 13.2. The molecule has 22 heavy (non-hydrogen) atoms. The van der Waals surface area contributed by atoms with E-state index in [1.807, 2.05) is 19.1 Å². The number of urea groups is 1. The van der Waals surface area contributed by atoms with E-state index in [0.29, 0.717) is 0 Å². The standard InChI is InChI=1S/C18H25N3O/c1-12(16-2-4-19-5-3-16)20-17(22)21-18-9-13-6-14(10-18)8-15(7-13)11-18/h2-5,12-15H,6-11H2,1H3,(H2,20,21,22). The Morgan fingerprint density at radius 3 is 2.23 bits per heavy atom.